The van der Waals surface area contributed by atoms with Crippen molar-refractivity contribution < 1.29 is 9.59 Å². The molecule has 1 amide bonds. The summed E-state index contributed by atoms with van der Waals surface area (Å²) >= 11 is 0. The molecule has 0 saturated heterocycles. The molecule has 1 atom stereocenters. The van der Waals surface area contributed by atoms with Gasteiger partial charge in [0.2, 0.25) is 5.91 Å². The van der Waals surface area contributed by atoms with Crippen molar-refractivity contribution in [3.05, 3.63) is 35.4 Å². The second-order valence-electron chi connectivity index (χ2n) is 5.09. The number of halogens is 1. The summed E-state index contributed by atoms with van der Waals surface area (Å²) in [6, 6.07) is 7.64. The van der Waals surface area contributed by atoms with E-state index in [1.165, 1.54) is 5.56 Å². The molecule has 0 aliphatic carbocycles. The molecule has 3 N–H and O–H groups in total. The number of carbonyl (C=O) groups is 2. The Morgan fingerprint density at radius 2 is 1.81 bits per heavy atom. The van der Waals surface area contributed by atoms with Crippen LogP contribution in [0, 0.1) is 0 Å². The van der Waals surface area contributed by atoms with E-state index in [4.69, 9.17) is 5.73 Å². The first-order valence-electron chi connectivity index (χ1n) is 7.17. The maximum atomic E-state index is 11.9. The molecule has 0 saturated carbocycles. The third-order valence-corrected chi connectivity index (χ3v) is 3.19. The Morgan fingerprint density at radius 1 is 1.19 bits per heavy atom. The van der Waals surface area contributed by atoms with Gasteiger partial charge in [-0.2, -0.15) is 0 Å². The van der Waals surface area contributed by atoms with Gasteiger partial charge in [0.05, 0.1) is 0 Å². The van der Waals surface area contributed by atoms with Crippen molar-refractivity contribution in [1.29, 1.82) is 0 Å². The Hall–Kier alpha value is -1.39. The maximum Gasteiger partial charge on any atom is 0.220 e. The minimum atomic E-state index is -0.0934. The lowest BCUT2D eigenvalue weighted by Crippen LogP contribution is -2.29. The average molecular weight is 313 g/mol. The zero-order chi connectivity index (χ0) is 15.0. The second-order valence-corrected chi connectivity index (χ2v) is 5.09. The lowest BCUT2D eigenvalue weighted by molar-refractivity contribution is -0.121. The highest BCUT2D eigenvalue weighted by Gasteiger charge is 2.09. The number of benzene rings is 1. The predicted octanol–water partition coefficient (Wildman–Crippen LogP) is 2.49. The summed E-state index contributed by atoms with van der Waals surface area (Å²) in [7, 11) is 0. The molecule has 0 spiro atoms. The number of nitrogens with two attached hydrogens (primary N) is 1. The van der Waals surface area contributed by atoms with E-state index in [2.05, 4.69) is 12.2 Å². The van der Waals surface area contributed by atoms with Crippen LogP contribution in [0.15, 0.2) is 24.3 Å². The molecule has 5 heteroatoms. The first kappa shape index (κ1) is 19.6. The molecule has 1 aromatic rings. The number of rotatable bonds is 8. The number of amides is 1. The van der Waals surface area contributed by atoms with E-state index in [-0.39, 0.29) is 43.0 Å². The number of hydrogen-bond acceptors (Lipinski definition) is 3. The van der Waals surface area contributed by atoms with Gasteiger partial charge < -0.3 is 11.1 Å². The van der Waals surface area contributed by atoms with Gasteiger partial charge in [0.1, 0.15) is 0 Å². The average Bonchev–Trinajstić information content (AvgIpc) is 2.44. The van der Waals surface area contributed by atoms with Gasteiger partial charge in [0.25, 0.3) is 0 Å². The molecule has 4 nitrogen and oxygen atoms in total. The standard InChI is InChI=1S/C16H24N2O2.ClH/c1-3-13-4-6-14(7-5-13)15(19)8-9-16(20)18-11-10-12(2)17;/h4-7,12H,3,8-11,17H2,1-2H3,(H,18,20);1H. The lowest BCUT2D eigenvalue weighted by Gasteiger charge is -2.07. The Kier molecular flexibility index (Phi) is 9.67. The molecular formula is C16H25ClN2O2. The molecule has 0 aliphatic heterocycles. The summed E-state index contributed by atoms with van der Waals surface area (Å²) in [5.74, 6) is -0.0841. The largest absolute Gasteiger partial charge is 0.356 e. The Bertz CT molecular complexity index is 444. The van der Waals surface area contributed by atoms with Gasteiger partial charge in [0, 0.05) is 31.0 Å². The predicted molar refractivity (Wildman–Crippen MR) is 87.9 cm³/mol. The molecule has 21 heavy (non-hydrogen) atoms. The van der Waals surface area contributed by atoms with Crippen molar-refractivity contribution >= 4 is 24.1 Å². The van der Waals surface area contributed by atoms with Crippen molar-refractivity contribution in [2.45, 2.75) is 45.6 Å². The van der Waals surface area contributed by atoms with E-state index in [9.17, 15) is 9.59 Å². The fraction of sp³-hybridized carbons (Fsp3) is 0.500. The van der Waals surface area contributed by atoms with Gasteiger partial charge in [-0.25, -0.2) is 0 Å². The number of aryl methyl sites for hydroxylation is 1. The number of nitrogens with one attached hydrogen (secondary N) is 1. The van der Waals surface area contributed by atoms with Crippen LogP contribution in [-0.2, 0) is 11.2 Å². The van der Waals surface area contributed by atoms with Gasteiger partial charge in [-0.1, -0.05) is 31.2 Å². The summed E-state index contributed by atoms with van der Waals surface area (Å²) in [4.78, 5) is 23.5. The van der Waals surface area contributed by atoms with Crippen LogP contribution in [0.1, 0.15) is 49.0 Å². The van der Waals surface area contributed by atoms with Gasteiger partial charge >= 0.3 is 0 Å². The summed E-state index contributed by atoms with van der Waals surface area (Å²) in [6.45, 7) is 4.54. The third-order valence-electron chi connectivity index (χ3n) is 3.19. The molecule has 118 valence electrons. The molecule has 0 radical (unpaired) electrons. The molecule has 0 aromatic heterocycles. The van der Waals surface area contributed by atoms with Crippen LogP contribution >= 0.6 is 12.4 Å². The highest BCUT2D eigenvalue weighted by atomic mass is 35.5. The fourth-order valence-electron chi connectivity index (χ4n) is 1.83. The molecule has 0 heterocycles. The van der Waals surface area contributed by atoms with Gasteiger partial charge in [0.15, 0.2) is 5.78 Å². The zero-order valence-electron chi connectivity index (χ0n) is 12.7. The normalized spacial score (nSPS) is 11.4. The minimum Gasteiger partial charge on any atom is -0.356 e. The lowest BCUT2D eigenvalue weighted by atomic mass is 10.0. The monoisotopic (exact) mass is 312 g/mol. The Morgan fingerprint density at radius 3 is 2.33 bits per heavy atom. The van der Waals surface area contributed by atoms with Crippen LogP contribution < -0.4 is 11.1 Å². The number of carbonyl (C=O) groups excluding carboxylic acids is 2. The minimum absolute atomic E-state index is 0. The first-order chi connectivity index (χ1) is 9.52. The maximum absolute atomic E-state index is 11.9. The molecule has 0 fully saturated rings. The first-order valence-corrected chi connectivity index (χ1v) is 7.17. The van der Waals surface area contributed by atoms with Crippen molar-refractivity contribution in [2.75, 3.05) is 6.54 Å². The highest BCUT2D eigenvalue weighted by Crippen LogP contribution is 2.08. The molecule has 0 aliphatic rings. The van der Waals surface area contributed by atoms with Gasteiger partial charge in [-0.05, 0) is 25.3 Å². The summed E-state index contributed by atoms with van der Waals surface area (Å²) in [5.41, 5.74) is 7.47. The second kappa shape index (κ2) is 10.4. The quantitative estimate of drug-likeness (QED) is 0.724. The van der Waals surface area contributed by atoms with Crippen LogP contribution in [0.4, 0.5) is 0 Å². The molecule has 1 unspecified atom stereocenters. The van der Waals surface area contributed by atoms with E-state index < -0.39 is 0 Å². The van der Waals surface area contributed by atoms with Crippen molar-refractivity contribution in [3.8, 4) is 0 Å². The van der Waals surface area contributed by atoms with Crippen LogP contribution in [0.2, 0.25) is 0 Å². The zero-order valence-corrected chi connectivity index (χ0v) is 13.5. The SMILES string of the molecule is CCc1ccc(C(=O)CCC(=O)NCCC(C)N)cc1.Cl. The smallest absolute Gasteiger partial charge is 0.220 e. The van der Waals surface area contributed by atoms with Gasteiger partial charge in [-0.3, -0.25) is 9.59 Å². The highest BCUT2D eigenvalue weighted by molar-refractivity contribution is 5.97. The summed E-state index contributed by atoms with van der Waals surface area (Å²) in [5, 5.41) is 2.77. The van der Waals surface area contributed by atoms with Crippen molar-refractivity contribution in [2.24, 2.45) is 5.73 Å². The van der Waals surface area contributed by atoms with Crippen LogP contribution in [0.3, 0.4) is 0 Å². The fourth-order valence-corrected chi connectivity index (χ4v) is 1.83. The van der Waals surface area contributed by atoms with E-state index in [1.807, 2.05) is 31.2 Å². The number of hydrogen-bond donors (Lipinski definition) is 2. The molecule has 0 bridgehead atoms. The van der Waals surface area contributed by atoms with Crippen LogP contribution in [0.25, 0.3) is 0 Å². The van der Waals surface area contributed by atoms with Crippen LogP contribution in [0.5, 0.6) is 0 Å². The molecule has 1 aromatic carbocycles. The van der Waals surface area contributed by atoms with E-state index in [1.54, 1.807) is 0 Å². The number of ketones is 1. The Balaban J connectivity index is 0.00000400. The van der Waals surface area contributed by atoms with E-state index in [0.717, 1.165) is 12.8 Å². The van der Waals surface area contributed by atoms with Crippen LogP contribution in [-0.4, -0.2) is 24.3 Å². The Labute approximate surface area is 132 Å². The van der Waals surface area contributed by atoms with E-state index >= 15 is 0 Å². The third kappa shape index (κ3) is 7.83. The topological polar surface area (TPSA) is 72.2 Å². The number of Topliss-reactive ketones (excluding diaryl/α,β-unsaturated/α-hetero) is 1. The van der Waals surface area contributed by atoms with Gasteiger partial charge in [-0.15, -0.1) is 12.4 Å². The molecule has 1 rings (SSSR count). The van der Waals surface area contributed by atoms with Crippen molar-refractivity contribution in [1.82, 2.24) is 5.32 Å². The summed E-state index contributed by atoms with van der Waals surface area (Å²) < 4.78 is 0. The molecular weight excluding hydrogens is 288 g/mol. The van der Waals surface area contributed by atoms with Crippen molar-refractivity contribution in [3.63, 3.8) is 0 Å². The van der Waals surface area contributed by atoms with E-state index in [0.29, 0.717) is 12.1 Å². The summed E-state index contributed by atoms with van der Waals surface area (Å²) in [6.07, 6.45) is 2.18.